The van der Waals surface area contributed by atoms with Crippen molar-refractivity contribution in [3.8, 4) is 0 Å². The minimum absolute atomic E-state index is 0.556. The smallest absolute Gasteiger partial charge is 0.160 e. The van der Waals surface area contributed by atoms with Gasteiger partial charge in [-0.3, -0.25) is 0 Å². The maximum Gasteiger partial charge on any atom is 0.160 e. The summed E-state index contributed by atoms with van der Waals surface area (Å²) in [7, 11) is 0. The van der Waals surface area contributed by atoms with Gasteiger partial charge in [0.2, 0.25) is 0 Å². The fraction of sp³-hybridized carbons (Fsp3) is 0.625. The van der Waals surface area contributed by atoms with Crippen LogP contribution in [-0.2, 0) is 13.0 Å². The molecule has 4 heteroatoms. The largest absolute Gasteiger partial charge is 0.312 e. The molecule has 0 saturated heterocycles. The Hall–Kier alpha value is -1.09. The first-order valence-corrected chi connectivity index (χ1v) is 8.14. The summed E-state index contributed by atoms with van der Waals surface area (Å²) in [6.45, 7) is 3.20. The lowest BCUT2D eigenvalue weighted by atomic mass is 10.0. The highest BCUT2D eigenvalue weighted by atomic mass is 35.5. The molecule has 2 heterocycles. The molecule has 4 rings (SSSR count). The third-order valence-electron chi connectivity index (χ3n) is 5.04. The molecule has 2 aliphatic rings. The summed E-state index contributed by atoms with van der Waals surface area (Å²) in [6.07, 6.45) is 8.33. The van der Waals surface area contributed by atoms with E-state index in [1.54, 1.807) is 0 Å². The fourth-order valence-corrected chi connectivity index (χ4v) is 3.66. The van der Waals surface area contributed by atoms with Crippen molar-refractivity contribution >= 4 is 22.8 Å². The van der Waals surface area contributed by atoms with Gasteiger partial charge in [0.25, 0.3) is 0 Å². The van der Waals surface area contributed by atoms with Crippen molar-refractivity contribution in [2.45, 2.75) is 45.6 Å². The number of hydrogen-bond donors (Lipinski definition) is 0. The molecule has 106 valence electrons. The monoisotopic (exact) mass is 289 g/mol. The van der Waals surface area contributed by atoms with Gasteiger partial charge in [-0.05, 0) is 55.6 Å². The van der Waals surface area contributed by atoms with Crippen LogP contribution in [0.25, 0.3) is 11.2 Å². The summed E-state index contributed by atoms with van der Waals surface area (Å²) in [5, 5.41) is 0. The van der Waals surface area contributed by atoms with Gasteiger partial charge in [0.05, 0.1) is 0 Å². The highest BCUT2D eigenvalue weighted by Gasteiger charge is 2.54. The van der Waals surface area contributed by atoms with E-state index in [-0.39, 0.29) is 0 Å². The van der Waals surface area contributed by atoms with Gasteiger partial charge < -0.3 is 4.57 Å². The van der Waals surface area contributed by atoms with Crippen LogP contribution < -0.4 is 0 Å². The molecular formula is C16H20ClN3. The molecule has 3 nitrogen and oxygen atoms in total. The summed E-state index contributed by atoms with van der Waals surface area (Å²) in [5.41, 5.74) is 3.87. The van der Waals surface area contributed by atoms with E-state index in [9.17, 15) is 0 Å². The summed E-state index contributed by atoms with van der Waals surface area (Å²) in [5.74, 6) is 2.69. The Labute approximate surface area is 124 Å². The van der Waals surface area contributed by atoms with Gasteiger partial charge in [-0.25, -0.2) is 9.97 Å². The van der Waals surface area contributed by atoms with E-state index in [2.05, 4.69) is 16.5 Å². The maximum atomic E-state index is 5.96. The molecule has 0 bridgehead atoms. The highest BCUT2D eigenvalue weighted by Crippen LogP contribution is 2.62. The lowest BCUT2D eigenvalue weighted by Gasteiger charge is -2.17. The Balaban J connectivity index is 1.79. The first-order valence-electron chi connectivity index (χ1n) is 7.60. The van der Waals surface area contributed by atoms with E-state index < -0.39 is 0 Å². The molecule has 0 aliphatic heterocycles. The molecular weight excluding hydrogens is 270 g/mol. The molecule has 2 aromatic rings. The standard InChI is InChI=1S/C16H20ClN3/c1-11-5-9-18-15-14(11)19-13(4-8-17)20(15)10-16(6-7-16)12-2-3-12/h5,9,12H,2-4,6-8,10H2,1H3. The van der Waals surface area contributed by atoms with Crippen LogP contribution >= 0.6 is 11.6 Å². The second-order valence-corrected chi connectivity index (χ2v) is 6.87. The van der Waals surface area contributed by atoms with Gasteiger partial charge >= 0.3 is 0 Å². The summed E-state index contributed by atoms with van der Waals surface area (Å²) in [4.78, 5) is 9.40. The summed E-state index contributed by atoms with van der Waals surface area (Å²) < 4.78 is 2.36. The SMILES string of the molecule is Cc1ccnc2c1nc(CCCl)n2CC1(C2CC2)CC1. The van der Waals surface area contributed by atoms with Crippen molar-refractivity contribution < 1.29 is 0 Å². The van der Waals surface area contributed by atoms with Gasteiger partial charge in [-0.2, -0.15) is 0 Å². The zero-order valence-corrected chi connectivity index (χ0v) is 12.7. The highest BCUT2D eigenvalue weighted by molar-refractivity contribution is 6.17. The topological polar surface area (TPSA) is 30.7 Å². The van der Waals surface area contributed by atoms with Gasteiger partial charge in [0, 0.05) is 25.0 Å². The molecule has 20 heavy (non-hydrogen) atoms. The predicted octanol–water partition coefficient (Wildman–Crippen LogP) is 3.71. The van der Waals surface area contributed by atoms with E-state index in [0.717, 1.165) is 35.9 Å². The molecule has 0 aromatic carbocycles. The van der Waals surface area contributed by atoms with Crippen molar-refractivity contribution in [2.75, 3.05) is 5.88 Å². The zero-order valence-electron chi connectivity index (χ0n) is 11.9. The van der Waals surface area contributed by atoms with E-state index in [1.165, 1.54) is 31.2 Å². The lowest BCUT2D eigenvalue weighted by Crippen LogP contribution is -2.16. The van der Waals surface area contributed by atoms with Crippen molar-refractivity contribution in [1.82, 2.24) is 14.5 Å². The van der Waals surface area contributed by atoms with Crippen LogP contribution in [0, 0.1) is 18.3 Å². The Morgan fingerprint density at radius 2 is 2.20 bits per heavy atom. The molecule has 0 unspecified atom stereocenters. The minimum Gasteiger partial charge on any atom is -0.312 e. The number of nitrogens with zero attached hydrogens (tertiary/aromatic N) is 3. The summed E-state index contributed by atoms with van der Waals surface area (Å²) >= 11 is 5.96. The van der Waals surface area contributed by atoms with Crippen molar-refractivity contribution in [3.63, 3.8) is 0 Å². The first-order chi connectivity index (χ1) is 9.73. The molecule has 2 aromatic heterocycles. The van der Waals surface area contributed by atoms with Crippen LogP contribution in [-0.4, -0.2) is 20.4 Å². The molecule has 0 atom stereocenters. The Morgan fingerprint density at radius 1 is 1.40 bits per heavy atom. The van der Waals surface area contributed by atoms with Crippen LogP contribution in [0.2, 0.25) is 0 Å². The van der Waals surface area contributed by atoms with E-state index >= 15 is 0 Å². The van der Waals surface area contributed by atoms with Crippen LogP contribution in [0.3, 0.4) is 0 Å². The third kappa shape index (κ3) is 1.95. The zero-order chi connectivity index (χ0) is 13.7. The maximum absolute atomic E-state index is 5.96. The molecule has 2 saturated carbocycles. The van der Waals surface area contributed by atoms with Gasteiger partial charge in [0.15, 0.2) is 5.65 Å². The number of aromatic nitrogens is 3. The quantitative estimate of drug-likeness (QED) is 0.786. The number of fused-ring (bicyclic) bond motifs is 1. The van der Waals surface area contributed by atoms with Crippen LogP contribution in [0.15, 0.2) is 12.3 Å². The molecule has 2 aliphatic carbocycles. The van der Waals surface area contributed by atoms with Crippen molar-refractivity contribution in [2.24, 2.45) is 11.3 Å². The van der Waals surface area contributed by atoms with Gasteiger partial charge in [-0.1, -0.05) is 0 Å². The first kappa shape index (κ1) is 12.6. The Kier molecular flexibility index (Phi) is 2.81. The number of hydrogen-bond acceptors (Lipinski definition) is 2. The Morgan fingerprint density at radius 3 is 2.85 bits per heavy atom. The minimum atomic E-state index is 0.556. The lowest BCUT2D eigenvalue weighted by molar-refractivity contribution is 0.368. The molecule has 0 spiro atoms. The van der Waals surface area contributed by atoms with Gasteiger partial charge in [-0.15, -0.1) is 11.6 Å². The van der Waals surface area contributed by atoms with Crippen molar-refractivity contribution in [1.29, 1.82) is 0 Å². The number of aryl methyl sites for hydroxylation is 2. The number of imidazole rings is 1. The Bertz CT molecular complexity index is 653. The second kappa shape index (κ2) is 4.45. The van der Waals surface area contributed by atoms with E-state index in [1.807, 2.05) is 12.3 Å². The van der Waals surface area contributed by atoms with E-state index in [0.29, 0.717) is 11.3 Å². The van der Waals surface area contributed by atoms with Crippen LogP contribution in [0.1, 0.15) is 37.1 Å². The molecule has 0 radical (unpaired) electrons. The number of alkyl halides is 1. The molecule has 0 N–H and O–H groups in total. The molecule has 0 amide bonds. The molecule has 2 fully saturated rings. The second-order valence-electron chi connectivity index (χ2n) is 6.49. The van der Waals surface area contributed by atoms with Crippen LogP contribution in [0.4, 0.5) is 0 Å². The number of pyridine rings is 1. The van der Waals surface area contributed by atoms with E-state index in [4.69, 9.17) is 16.6 Å². The predicted molar refractivity (Wildman–Crippen MR) is 81.1 cm³/mol. The summed E-state index contributed by atoms with van der Waals surface area (Å²) in [6, 6.07) is 2.04. The van der Waals surface area contributed by atoms with Crippen molar-refractivity contribution in [3.05, 3.63) is 23.7 Å². The number of halogens is 1. The number of rotatable bonds is 5. The third-order valence-corrected chi connectivity index (χ3v) is 5.23. The fourth-order valence-electron chi connectivity index (χ4n) is 3.49. The average molecular weight is 290 g/mol. The van der Waals surface area contributed by atoms with Crippen LogP contribution in [0.5, 0.6) is 0 Å². The van der Waals surface area contributed by atoms with Gasteiger partial charge in [0.1, 0.15) is 11.3 Å². The average Bonchev–Trinajstić information content (AvgIpc) is 3.32. The normalized spacial score (nSPS) is 20.5.